The van der Waals surface area contributed by atoms with E-state index in [1.165, 1.54) is 37.7 Å². The molecular weight excluding hydrogens is 336 g/mol. The molecule has 0 spiro atoms. The first-order chi connectivity index (χ1) is 13.1. The highest BCUT2D eigenvalue weighted by molar-refractivity contribution is 5.95. The molecule has 5 aliphatic rings. The van der Waals surface area contributed by atoms with Gasteiger partial charge in [-0.05, 0) is 75.7 Å². The summed E-state index contributed by atoms with van der Waals surface area (Å²) in [7, 11) is 0. The second-order valence-electron chi connectivity index (χ2n) is 9.68. The fraction of sp³-hybridized carbons (Fsp3) is 0.773. The maximum Gasteiger partial charge on any atom is 0.231 e. The molecule has 4 fully saturated rings. The van der Waals surface area contributed by atoms with Crippen LogP contribution >= 0.6 is 0 Å². The van der Waals surface area contributed by atoms with Gasteiger partial charge in [-0.3, -0.25) is 9.69 Å². The summed E-state index contributed by atoms with van der Waals surface area (Å²) < 4.78 is 0. The highest BCUT2D eigenvalue weighted by Crippen LogP contribution is 2.60. The maximum atomic E-state index is 13.4. The summed E-state index contributed by atoms with van der Waals surface area (Å²) >= 11 is 0. The van der Waals surface area contributed by atoms with Crippen molar-refractivity contribution in [3.63, 3.8) is 0 Å². The molecule has 2 heterocycles. The van der Waals surface area contributed by atoms with Gasteiger partial charge in [0.25, 0.3) is 0 Å². The topological polar surface area (TPSA) is 58.1 Å². The summed E-state index contributed by atoms with van der Waals surface area (Å²) in [5, 5.41) is 3.28. The van der Waals surface area contributed by atoms with Gasteiger partial charge in [0.05, 0.1) is 11.1 Å². The van der Waals surface area contributed by atoms with Gasteiger partial charge in [0.1, 0.15) is 12.1 Å². The number of fused-ring (bicyclic) bond motifs is 1. The number of aromatic nitrogens is 2. The summed E-state index contributed by atoms with van der Waals surface area (Å²) in [6, 6.07) is 0. The van der Waals surface area contributed by atoms with E-state index in [1.807, 2.05) is 0 Å². The van der Waals surface area contributed by atoms with Crippen LogP contribution in [-0.4, -0.2) is 33.9 Å². The molecule has 4 aliphatic carbocycles. The molecule has 0 aromatic carbocycles. The van der Waals surface area contributed by atoms with Gasteiger partial charge in [-0.15, -0.1) is 0 Å². The Labute approximate surface area is 162 Å². The molecule has 1 aliphatic heterocycles. The molecule has 1 aromatic rings. The number of anilines is 1. The fourth-order valence-corrected chi connectivity index (χ4v) is 6.72. The summed E-state index contributed by atoms with van der Waals surface area (Å²) in [4.78, 5) is 24.9. The molecule has 0 radical (unpaired) electrons. The Hall–Kier alpha value is -1.49. The SMILES string of the molecule is CCCCN1CCc2c(ncnc2NC(=O)C23CC4CC(CC(C4)C2)C3)C1. The van der Waals surface area contributed by atoms with E-state index in [4.69, 9.17) is 0 Å². The van der Waals surface area contributed by atoms with Crippen LogP contribution in [-0.2, 0) is 17.8 Å². The van der Waals surface area contributed by atoms with Crippen LogP contribution in [0, 0.1) is 23.2 Å². The first-order valence-corrected chi connectivity index (χ1v) is 11.0. The molecule has 1 aromatic heterocycles. The average molecular weight is 369 g/mol. The minimum Gasteiger partial charge on any atom is -0.310 e. The average Bonchev–Trinajstić information content (AvgIpc) is 2.65. The predicted octanol–water partition coefficient (Wildman–Crippen LogP) is 3.79. The molecule has 1 amide bonds. The number of amides is 1. The van der Waals surface area contributed by atoms with E-state index in [9.17, 15) is 4.79 Å². The van der Waals surface area contributed by atoms with E-state index in [2.05, 4.69) is 27.1 Å². The predicted molar refractivity (Wildman–Crippen MR) is 105 cm³/mol. The number of nitrogens with one attached hydrogen (secondary N) is 1. The van der Waals surface area contributed by atoms with Gasteiger partial charge in [0.2, 0.25) is 5.91 Å². The number of hydrogen-bond donors (Lipinski definition) is 1. The van der Waals surface area contributed by atoms with Crippen molar-refractivity contribution in [2.24, 2.45) is 23.2 Å². The molecule has 146 valence electrons. The highest BCUT2D eigenvalue weighted by atomic mass is 16.2. The number of rotatable bonds is 5. The Balaban J connectivity index is 1.33. The molecule has 5 heteroatoms. The van der Waals surface area contributed by atoms with E-state index in [1.54, 1.807) is 6.33 Å². The number of carbonyl (C=O) groups excluding carboxylic acids is 1. The van der Waals surface area contributed by atoms with Crippen LogP contribution in [0.4, 0.5) is 5.82 Å². The normalized spacial score (nSPS) is 34.5. The van der Waals surface area contributed by atoms with Gasteiger partial charge >= 0.3 is 0 Å². The first-order valence-electron chi connectivity index (χ1n) is 11.0. The molecule has 6 rings (SSSR count). The highest BCUT2D eigenvalue weighted by Gasteiger charge is 2.54. The lowest BCUT2D eigenvalue weighted by Crippen LogP contribution is -2.52. The Bertz CT molecular complexity index is 696. The fourth-order valence-electron chi connectivity index (χ4n) is 6.72. The number of nitrogens with zero attached hydrogens (tertiary/aromatic N) is 3. The Morgan fingerprint density at radius 3 is 2.56 bits per heavy atom. The molecule has 0 atom stereocenters. The van der Waals surface area contributed by atoms with Crippen LogP contribution in [0.3, 0.4) is 0 Å². The minimum absolute atomic E-state index is 0.117. The molecule has 4 saturated carbocycles. The quantitative estimate of drug-likeness (QED) is 0.859. The van der Waals surface area contributed by atoms with Crippen molar-refractivity contribution < 1.29 is 4.79 Å². The van der Waals surface area contributed by atoms with Crippen molar-refractivity contribution in [1.82, 2.24) is 14.9 Å². The van der Waals surface area contributed by atoms with Gasteiger partial charge in [0, 0.05) is 18.7 Å². The van der Waals surface area contributed by atoms with Crippen LogP contribution in [0.2, 0.25) is 0 Å². The maximum absolute atomic E-state index is 13.4. The third-order valence-electron chi connectivity index (χ3n) is 7.67. The zero-order valence-electron chi connectivity index (χ0n) is 16.5. The Kier molecular flexibility index (Phi) is 4.46. The monoisotopic (exact) mass is 368 g/mol. The lowest BCUT2D eigenvalue weighted by molar-refractivity contribution is -0.140. The summed E-state index contributed by atoms with van der Waals surface area (Å²) in [6.07, 6.45) is 12.4. The standard InChI is InChI=1S/C22H32N4O/c1-2-3-5-26-6-4-18-19(13-26)23-14-24-20(18)25-21(27)22-10-15-7-16(11-22)9-17(8-15)12-22/h14-17H,2-13H2,1H3,(H,23,24,25,27). The second-order valence-corrected chi connectivity index (χ2v) is 9.68. The van der Waals surface area contributed by atoms with Crippen molar-refractivity contribution in [3.05, 3.63) is 17.6 Å². The van der Waals surface area contributed by atoms with E-state index in [0.29, 0.717) is 0 Å². The van der Waals surface area contributed by atoms with Gasteiger partial charge in [0.15, 0.2) is 0 Å². The smallest absolute Gasteiger partial charge is 0.231 e. The van der Waals surface area contributed by atoms with E-state index in [-0.39, 0.29) is 11.3 Å². The van der Waals surface area contributed by atoms with E-state index >= 15 is 0 Å². The van der Waals surface area contributed by atoms with Crippen LogP contribution in [0.15, 0.2) is 6.33 Å². The first kappa shape index (κ1) is 17.6. The number of hydrogen-bond acceptors (Lipinski definition) is 4. The zero-order chi connectivity index (χ0) is 18.4. The summed E-state index contributed by atoms with van der Waals surface area (Å²) in [5.74, 6) is 3.39. The van der Waals surface area contributed by atoms with Crippen molar-refractivity contribution in [2.75, 3.05) is 18.4 Å². The lowest BCUT2D eigenvalue weighted by Gasteiger charge is -2.55. The van der Waals surface area contributed by atoms with Crippen LogP contribution in [0.25, 0.3) is 0 Å². The van der Waals surface area contributed by atoms with E-state index in [0.717, 1.165) is 74.6 Å². The number of carbonyl (C=O) groups is 1. The third kappa shape index (κ3) is 3.18. The van der Waals surface area contributed by atoms with Gasteiger partial charge in [-0.1, -0.05) is 13.3 Å². The number of unbranched alkanes of at least 4 members (excludes halogenated alkanes) is 1. The molecule has 0 saturated heterocycles. The van der Waals surface area contributed by atoms with Gasteiger partial charge in [-0.25, -0.2) is 9.97 Å². The van der Waals surface area contributed by atoms with Crippen LogP contribution < -0.4 is 5.32 Å². The molecular formula is C22H32N4O. The van der Waals surface area contributed by atoms with Crippen molar-refractivity contribution in [3.8, 4) is 0 Å². The molecule has 4 bridgehead atoms. The van der Waals surface area contributed by atoms with Crippen LogP contribution in [0.5, 0.6) is 0 Å². The molecule has 1 N–H and O–H groups in total. The lowest BCUT2D eigenvalue weighted by atomic mass is 9.49. The molecule has 27 heavy (non-hydrogen) atoms. The van der Waals surface area contributed by atoms with E-state index < -0.39 is 0 Å². The van der Waals surface area contributed by atoms with Crippen LogP contribution in [0.1, 0.15) is 69.5 Å². The van der Waals surface area contributed by atoms with Crippen molar-refractivity contribution in [2.45, 2.75) is 71.3 Å². The minimum atomic E-state index is -0.117. The van der Waals surface area contributed by atoms with Crippen molar-refractivity contribution >= 4 is 11.7 Å². The van der Waals surface area contributed by atoms with Gasteiger partial charge < -0.3 is 5.32 Å². The third-order valence-corrected chi connectivity index (χ3v) is 7.67. The second kappa shape index (κ2) is 6.84. The molecule has 5 nitrogen and oxygen atoms in total. The zero-order valence-corrected chi connectivity index (χ0v) is 16.5. The summed E-state index contributed by atoms with van der Waals surface area (Å²) in [5.41, 5.74) is 2.16. The van der Waals surface area contributed by atoms with Crippen molar-refractivity contribution in [1.29, 1.82) is 0 Å². The Morgan fingerprint density at radius 1 is 1.19 bits per heavy atom. The van der Waals surface area contributed by atoms with Gasteiger partial charge in [-0.2, -0.15) is 0 Å². The summed E-state index contributed by atoms with van der Waals surface area (Å²) in [6.45, 7) is 5.30. The largest absolute Gasteiger partial charge is 0.310 e. The Morgan fingerprint density at radius 2 is 1.89 bits per heavy atom. The molecule has 0 unspecified atom stereocenters.